The van der Waals surface area contributed by atoms with Gasteiger partial charge in [-0.25, -0.2) is 4.79 Å². The summed E-state index contributed by atoms with van der Waals surface area (Å²) in [6.07, 6.45) is 1.98. The lowest BCUT2D eigenvalue weighted by molar-refractivity contribution is 0.0695. The van der Waals surface area contributed by atoms with Gasteiger partial charge in [0.05, 0.1) is 21.6 Å². The fourth-order valence-electron chi connectivity index (χ4n) is 3.72. The molecule has 7 heteroatoms. The van der Waals surface area contributed by atoms with E-state index in [1.165, 1.54) is 17.0 Å². The highest BCUT2D eigenvalue weighted by Gasteiger charge is 2.13. The summed E-state index contributed by atoms with van der Waals surface area (Å²) in [6.45, 7) is 3.81. The van der Waals surface area contributed by atoms with Gasteiger partial charge in [-0.3, -0.25) is 0 Å². The van der Waals surface area contributed by atoms with Crippen LogP contribution in [0.25, 0.3) is 33.1 Å². The smallest absolute Gasteiger partial charge is 0.336 e. The zero-order valence-electron chi connectivity index (χ0n) is 16.8. The second kappa shape index (κ2) is 7.18. The first kappa shape index (κ1) is 19.2. The van der Waals surface area contributed by atoms with Crippen LogP contribution in [0.3, 0.4) is 0 Å². The van der Waals surface area contributed by atoms with E-state index in [1.54, 1.807) is 19.1 Å². The number of nitrogens with one attached hydrogen (secondary N) is 2. The third kappa shape index (κ3) is 3.41. The van der Waals surface area contributed by atoms with Gasteiger partial charge in [0.15, 0.2) is 0 Å². The molecule has 0 fully saturated rings. The maximum Gasteiger partial charge on any atom is 0.336 e. The third-order valence-electron chi connectivity index (χ3n) is 5.40. The first-order chi connectivity index (χ1) is 14.9. The number of ether oxygens (including phenoxy) is 1. The molecule has 5 rings (SSSR count). The van der Waals surface area contributed by atoms with E-state index in [4.69, 9.17) is 16.3 Å². The number of fused-ring (bicyclic) bond motifs is 2. The van der Waals surface area contributed by atoms with Crippen LogP contribution in [-0.4, -0.2) is 26.0 Å². The summed E-state index contributed by atoms with van der Waals surface area (Å²) in [6, 6.07) is 15.1. The fourth-order valence-corrected chi connectivity index (χ4v) is 3.99. The SMILES string of the molecule is Cc1ccc(Oc2nc3cc(-c4ccc5c(C)c[nH]c5c4)c(Cl)cc3[nH]2)cc1C(=O)O. The molecule has 2 aromatic heterocycles. The van der Waals surface area contributed by atoms with E-state index in [0.717, 1.165) is 22.2 Å². The lowest BCUT2D eigenvalue weighted by Crippen LogP contribution is -2.00. The molecule has 2 heterocycles. The Bertz CT molecular complexity index is 1480. The number of rotatable bonds is 4. The summed E-state index contributed by atoms with van der Waals surface area (Å²) in [5.41, 5.74) is 6.37. The van der Waals surface area contributed by atoms with Crippen molar-refractivity contribution in [3.63, 3.8) is 0 Å². The molecular formula is C24H18ClN3O3. The normalized spacial score (nSPS) is 11.3. The number of imidazole rings is 1. The molecule has 3 N–H and O–H groups in total. The van der Waals surface area contributed by atoms with Crippen LogP contribution in [0.4, 0.5) is 0 Å². The van der Waals surface area contributed by atoms with Gasteiger partial charge in [-0.05, 0) is 60.9 Å². The topological polar surface area (TPSA) is 91.0 Å². The van der Waals surface area contributed by atoms with E-state index in [0.29, 0.717) is 21.9 Å². The minimum Gasteiger partial charge on any atom is -0.478 e. The van der Waals surface area contributed by atoms with E-state index in [2.05, 4.69) is 34.0 Å². The number of nitrogens with zero attached hydrogens (tertiary/aromatic N) is 1. The van der Waals surface area contributed by atoms with Crippen molar-refractivity contribution in [2.45, 2.75) is 13.8 Å². The number of carboxylic acid groups (broad SMARTS) is 1. The van der Waals surface area contributed by atoms with Gasteiger partial charge in [-0.1, -0.05) is 29.8 Å². The molecule has 0 saturated carbocycles. The Labute approximate surface area is 182 Å². The van der Waals surface area contributed by atoms with E-state index in [9.17, 15) is 9.90 Å². The van der Waals surface area contributed by atoms with Crippen LogP contribution < -0.4 is 4.74 Å². The van der Waals surface area contributed by atoms with Gasteiger partial charge in [0.2, 0.25) is 0 Å². The van der Waals surface area contributed by atoms with Crippen molar-refractivity contribution in [3.05, 3.63) is 76.4 Å². The zero-order valence-corrected chi connectivity index (χ0v) is 17.5. The van der Waals surface area contributed by atoms with Crippen LogP contribution in [-0.2, 0) is 0 Å². The number of aromatic carboxylic acids is 1. The molecule has 0 amide bonds. The average Bonchev–Trinajstić information content (AvgIpc) is 3.30. The Balaban J connectivity index is 1.52. The van der Waals surface area contributed by atoms with Crippen molar-refractivity contribution in [3.8, 4) is 22.9 Å². The van der Waals surface area contributed by atoms with Crippen LogP contribution in [0, 0.1) is 13.8 Å². The lowest BCUT2D eigenvalue weighted by atomic mass is 10.0. The number of halogens is 1. The highest BCUT2D eigenvalue weighted by atomic mass is 35.5. The molecule has 0 aliphatic rings. The van der Waals surface area contributed by atoms with Crippen molar-refractivity contribution in [2.24, 2.45) is 0 Å². The Hall–Kier alpha value is -3.77. The predicted octanol–water partition coefficient (Wildman–Crippen LogP) is 6.47. The van der Waals surface area contributed by atoms with Crippen LogP contribution in [0.1, 0.15) is 21.5 Å². The van der Waals surface area contributed by atoms with E-state index < -0.39 is 5.97 Å². The highest BCUT2D eigenvalue weighted by molar-refractivity contribution is 6.34. The molecule has 5 aromatic rings. The Morgan fingerprint density at radius 3 is 2.68 bits per heavy atom. The van der Waals surface area contributed by atoms with Crippen molar-refractivity contribution in [2.75, 3.05) is 0 Å². The number of hydrogen-bond donors (Lipinski definition) is 3. The van der Waals surface area contributed by atoms with E-state index >= 15 is 0 Å². The van der Waals surface area contributed by atoms with Gasteiger partial charge in [-0.15, -0.1) is 0 Å². The monoisotopic (exact) mass is 431 g/mol. The van der Waals surface area contributed by atoms with Crippen molar-refractivity contribution in [1.29, 1.82) is 0 Å². The van der Waals surface area contributed by atoms with Gasteiger partial charge in [0, 0.05) is 22.7 Å². The molecule has 0 saturated heterocycles. The second-order valence-electron chi connectivity index (χ2n) is 7.51. The number of H-pyrrole nitrogens is 2. The number of aromatic nitrogens is 3. The molecule has 0 aliphatic heterocycles. The second-order valence-corrected chi connectivity index (χ2v) is 7.91. The van der Waals surface area contributed by atoms with Gasteiger partial charge in [0.25, 0.3) is 6.01 Å². The summed E-state index contributed by atoms with van der Waals surface area (Å²) < 4.78 is 5.78. The van der Waals surface area contributed by atoms with Gasteiger partial charge in [0.1, 0.15) is 5.75 Å². The average molecular weight is 432 g/mol. The number of carbonyl (C=O) groups is 1. The number of aromatic amines is 2. The van der Waals surface area contributed by atoms with Gasteiger partial charge < -0.3 is 19.8 Å². The molecule has 0 radical (unpaired) electrons. The number of benzene rings is 3. The van der Waals surface area contributed by atoms with Crippen molar-refractivity contribution in [1.82, 2.24) is 15.0 Å². The molecule has 3 aromatic carbocycles. The molecular weight excluding hydrogens is 414 g/mol. The third-order valence-corrected chi connectivity index (χ3v) is 5.72. The summed E-state index contributed by atoms with van der Waals surface area (Å²) in [5, 5.41) is 11.1. The maximum absolute atomic E-state index is 11.4. The van der Waals surface area contributed by atoms with Crippen LogP contribution in [0.2, 0.25) is 5.02 Å². The number of carboxylic acids is 1. The van der Waals surface area contributed by atoms with Crippen LogP contribution >= 0.6 is 11.6 Å². The molecule has 0 aliphatic carbocycles. The Morgan fingerprint density at radius 2 is 1.87 bits per heavy atom. The maximum atomic E-state index is 11.4. The Morgan fingerprint density at radius 1 is 1.03 bits per heavy atom. The molecule has 0 atom stereocenters. The summed E-state index contributed by atoms with van der Waals surface area (Å²) in [5.74, 6) is -0.612. The van der Waals surface area contributed by atoms with Crippen LogP contribution in [0.15, 0.2) is 54.7 Å². The molecule has 31 heavy (non-hydrogen) atoms. The minimum absolute atomic E-state index is 0.189. The first-order valence-electron chi connectivity index (χ1n) is 9.68. The summed E-state index contributed by atoms with van der Waals surface area (Å²) in [7, 11) is 0. The van der Waals surface area contributed by atoms with Crippen molar-refractivity contribution < 1.29 is 14.6 Å². The molecule has 0 spiro atoms. The predicted molar refractivity (Wildman–Crippen MR) is 121 cm³/mol. The summed E-state index contributed by atoms with van der Waals surface area (Å²) >= 11 is 6.57. The zero-order chi connectivity index (χ0) is 21.7. The highest BCUT2D eigenvalue weighted by Crippen LogP contribution is 2.34. The molecule has 0 unspecified atom stereocenters. The number of aryl methyl sites for hydroxylation is 2. The van der Waals surface area contributed by atoms with Crippen LogP contribution in [0.5, 0.6) is 11.8 Å². The molecule has 6 nitrogen and oxygen atoms in total. The standard InChI is InChI=1S/C24H18ClN3O3/c1-12-3-5-15(8-17(12)23(29)30)31-24-27-21-9-18(19(25)10-22(21)28-24)14-4-6-16-13(2)11-26-20(16)7-14/h3-11,26H,1-2H3,(H,27,28)(H,29,30). The van der Waals surface area contributed by atoms with Crippen molar-refractivity contribution >= 4 is 39.5 Å². The largest absolute Gasteiger partial charge is 0.478 e. The lowest BCUT2D eigenvalue weighted by Gasteiger charge is -2.05. The summed E-state index contributed by atoms with van der Waals surface area (Å²) in [4.78, 5) is 22.2. The first-order valence-corrected chi connectivity index (χ1v) is 10.1. The minimum atomic E-state index is -1.00. The number of hydrogen-bond acceptors (Lipinski definition) is 3. The molecule has 0 bridgehead atoms. The quantitative estimate of drug-likeness (QED) is 0.304. The fraction of sp³-hybridized carbons (Fsp3) is 0.0833. The van der Waals surface area contributed by atoms with Gasteiger partial charge >= 0.3 is 5.97 Å². The van der Waals surface area contributed by atoms with E-state index in [-0.39, 0.29) is 11.6 Å². The van der Waals surface area contributed by atoms with Gasteiger partial charge in [-0.2, -0.15) is 4.98 Å². The molecule has 154 valence electrons. The Kier molecular flexibility index (Phi) is 4.45. The van der Waals surface area contributed by atoms with E-state index in [1.807, 2.05) is 24.4 Å².